The molecule has 158 valence electrons. The Balaban J connectivity index is 1.39. The smallest absolute Gasteiger partial charge is 0.272 e. The van der Waals surface area contributed by atoms with Gasteiger partial charge in [0.1, 0.15) is 11.7 Å². The highest BCUT2D eigenvalue weighted by Crippen LogP contribution is 2.32. The van der Waals surface area contributed by atoms with Gasteiger partial charge in [0.25, 0.3) is 11.8 Å². The van der Waals surface area contributed by atoms with Crippen LogP contribution in [0.2, 0.25) is 0 Å². The van der Waals surface area contributed by atoms with Crippen LogP contribution in [0.25, 0.3) is 11.1 Å². The maximum atomic E-state index is 13.3. The number of carbonyl (C=O) groups excluding carboxylic acids is 3. The van der Waals surface area contributed by atoms with Gasteiger partial charge in [0.2, 0.25) is 5.91 Å². The lowest BCUT2D eigenvalue weighted by Gasteiger charge is -2.20. The third kappa shape index (κ3) is 3.40. The Morgan fingerprint density at radius 1 is 1.23 bits per heavy atom. The second-order valence-corrected chi connectivity index (χ2v) is 8.72. The zero-order valence-corrected chi connectivity index (χ0v) is 17.9. The highest BCUT2D eigenvalue weighted by Gasteiger charge is 2.43. The fourth-order valence-corrected chi connectivity index (χ4v) is 4.82. The lowest BCUT2D eigenvalue weighted by molar-refractivity contribution is -0.119. The summed E-state index contributed by atoms with van der Waals surface area (Å²) in [7, 11) is 1.77. The van der Waals surface area contributed by atoms with E-state index in [9.17, 15) is 14.4 Å². The molecule has 0 radical (unpaired) electrons. The zero-order valence-electron chi connectivity index (χ0n) is 17.1. The van der Waals surface area contributed by atoms with E-state index >= 15 is 0 Å². The van der Waals surface area contributed by atoms with Gasteiger partial charge < -0.3 is 15.5 Å². The molecule has 1 saturated heterocycles. The average Bonchev–Trinajstić information content (AvgIpc) is 3.47. The molecule has 8 nitrogen and oxygen atoms in total. The summed E-state index contributed by atoms with van der Waals surface area (Å²) in [5.74, 6) is -0.749. The Bertz CT molecular complexity index is 1180. The number of aromatic nitrogens is 2. The van der Waals surface area contributed by atoms with Crippen LogP contribution in [-0.2, 0) is 11.8 Å². The van der Waals surface area contributed by atoms with Crippen LogP contribution in [0.3, 0.4) is 0 Å². The largest absolute Gasteiger partial charge is 0.346 e. The van der Waals surface area contributed by atoms with Gasteiger partial charge in [0.05, 0.1) is 11.3 Å². The van der Waals surface area contributed by atoms with Gasteiger partial charge in [0.15, 0.2) is 0 Å². The number of nitrogens with one attached hydrogen (secondary N) is 2. The monoisotopic (exact) mass is 435 g/mol. The van der Waals surface area contributed by atoms with Crippen LogP contribution in [0.1, 0.15) is 33.0 Å². The number of carbonyl (C=O) groups is 3. The van der Waals surface area contributed by atoms with Crippen LogP contribution in [0.15, 0.2) is 41.1 Å². The maximum Gasteiger partial charge on any atom is 0.272 e. The second-order valence-electron chi connectivity index (χ2n) is 7.94. The predicted molar refractivity (Wildman–Crippen MR) is 117 cm³/mol. The van der Waals surface area contributed by atoms with Gasteiger partial charge in [0, 0.05) is 25.3 Å². The number of benzene rings is 1. The molecule has 0 spiro atoms. The van der Waals surface area contributed by atoms with Crippen molar-refractivity contribution in [3.8, 4) is 11.1 Å². The Kier molecular flexibility index (Phi) is 4.62. The summed E-state index contributed by atoms with van der Waals surface area (Å²) in [6, 6.07) is 8.27. The van der Waals surface area contributed by atoms with E-state index in [0.29, 0.717) is 23.4 Å². The standard InChI is InChI=1S/C22H21N5O3S/c1-12-7-18(25-26(12)2)20(28)23-15-9-19-21(29)24-17-4-3-13(14-5-6-31-11-14)8-16(17)22(30)27(19)10-15/h3-8,11,15,19H,9-10H2,1-2H3,(H,23,28)(H,24,29). The summed E-state index contributed by atoms with van der Waals surface area (Å²) in [6.07, 6.45) is 0.362. The first kappa shape index (κ1) is 19.5. The summed E-state index contributed by atoms with van der Waals surface area (Å²) < 4.78 is 1.63. The van der Waals surface area contributed by atoms with Crippen LogP contribution in [0, 0.1) is 6.92 Å². The average molecular weight is 436 g/mol. The SMILES string of the molecule is Cc1cc(C(=O)NC2CC3C(=O)Nc4ccc(-c5ccsc5)cc4C(=O)N3C2)nn1C. The molecule has 9 heteroatoms. The fraction of sp³-hybridized carbons (Fsp3) is 0.273. The number of aryl methyl sites for hydroxylation is 2. The second kappa shape index (κ2) is 7.35. The molecule has 3 amide bonds. The van der Waals surface area contributed by atoms with Gasteiger partial charge >= 0.3 is 0 Å². The van der Waals surface area contributed by atoms with Gasteiger partial charge in [-0.3, -0.25) is 19.1 Å². The van der Waals surface area contributed by atoms with Gasteiger partial charge in [-0.1, -0.05) is 6.07 Å². The van der Waals surface area contributed by atoms with Crippen molar-refractivity contribution in [2.24, 2.45) is 7.05 Å². The molecule has 0 saturated carbocycles. The molecule has 1 aromatic carbocycles. The van der Waals surface area contributed by atoms with Crippen LogP contribution in [-0.4, -0.2) is 51.0 Å². The van der Waals surface area contributed by atoms with Crippen molar-refractivity contribution in [3.05, 3.63) is 58.0 Å². The van der Waals surface area contributed by atoms with E-state index in [1.54, 1.807) is 40.1 Å². The van der Waals surface area contributed by atoms with Crippen molar-refractivity contribution < 1.29 is 14.4 Å². The molecular formula is C22H21N5O3S. The number of hydrogen-bond acceptors (Lipinski definition) is 5. The quantitative estimate of drug-likeness (QED) is 0.660. The normalized spacial score (nSPS) is 20.1. The third-order valence-electron chi connectivity index (χ3n) is 5.91. The van der Waals surface area contributed by atoms with Gasteiger partial charge in [-0.2, -0.15) is 16.4 Å². The molecule has 2 N–H and O–H groups in total. The van der Waals surface area contributed by atoms with E-state index < -0.39 is 6.04 Å². The van der Waals surface area contributed by atoms with Crippen molar-refractivity contribution in [3.63, 3.8) is 0 Å². The first-order valence-corrected chi connectivity index (χ1v) is 10.9. The van der Waals surface area contributed by atoms with Gasteiger partial charge in [-0.15, -0.1) is 0 Å². The number of fused-ring (bicyclic) bond motifs is 2. The molecule has 0 aliphatic carbocycles. The maximum absolute atomic E-state index is 13.3. The van der Waals surface area contributed by atoms with Crippen LogP contribution in [0.5, 0.6) is 0 Å². The van der Waals surface area contributed by atoms with Crippen molar-refractivity contribution in [1.29, 1.82) is 0 Å². The van der Waals surface area contributed by atoms with Crippen molar-refractivity contribution in [2.75, 3.05) is 11.9 Å². The molecule has 2 aliphatic rings. The summed E-state index contributed by atoms with van der Waals surface area (Å²) in [5, 5.41) is 14.0. The number of thiophene rings is 1. The van der Waals surface area contributed by atoms with E-state index in [1.807, 2.05) is 35.9 Å². The molecule has 0 bridgehead atoms. The summed E-state index contributed by atoms with van der Waals surface area (Å²) in [6.45, 7) is 2.14. The van der Waals surface area contributed by atoms with Crippen molar-refractivity contribution in [1.82, 2.24) is 20.0 Å². The number of rotatable bonds is 3. The van der Waals surface area contributed by atoms with E-state index in [4.69, 9.17) is 0 Å². The Morgan fingerprint density at radius 3 is 2.77 bits per heavy atom. The summed E-state index contributed by atoms with van der Waals surface area (Å²) in [5.41, 5.74) is 4.14. The topological polar surface area (TPSA) is 96.3 Å². The minimum absolute atomic E-state index is 0.208. The van der Waals surface area contributed by atoms with Crippen molar-refractivity contribution >= 4 is 34.7 Å². The molecule has 2 atom stereocenters. The molecule has 2 aromatic heterocycles. The molecular weight excluding hydrogens is 414 g/mol. The Morgan fingerprint density at radius 2 is 2.06 bits per heavy atom. The van der Waals surface area contributed by atoms with Crippen LogP contribution < -0.4 is 10.6 Å². The Labute approximate surface area is 182 Å². The number of nitrogens with zero attached hydrogens (tertiary/aromatic N) is 3. The van der Waals surface area contributed by atoms with Crippen LogP contribution >= 0.6 is 11.3 Å². The van der Waals surface area contributed by atoms with E-state index in [1.165, 1.54) is 0 Å². The molecule has 31 heavy (non-hydrogen) atoms. The lowest BCUT2D eigenvalue weighted by Crippen LogP contribution is -2.41. The molecule has 5 rings (SSSR count). The highest BCUT2D eigenvalue weighted by molar-refractivity contribution is 7.08. The Hall–Kier alpha value is -3.46. The minimum atomic E-state index is -0.625. The number of amides is 3. The molecule has 3 aromatic rings. The first-order chi connectivity index (χ1) is 14.9. The molecule has 2 unspecified atom stereocenters. The number of anilines is 1. The number of hydrogen-bond donors (Lipinski definition) is 2. The highest BCUT2D eigenvalue weighted by atomic mass is 32.1. The van der Waals surface area contributed by atoms with Crippen molar-refractivity contribution in [2.45, 2.75) is 25.4 Å². The van der Waals surface area contributed by atoms with Gasteiger partial charge in [-0.25, -0.2) is 0 Å². The lowest BCUT2D eigenvalue weighted by atomic mass is 10.0. The zero-order chi connectivity index (χ0) is 21.7. The molecule has 4 heterocycles. The summed E-state index contributed by atoms with van der Waals surface area (Å²) in [4.78, 5) is 40.3. The fourth-order valence-electron chi connectivity index (χ4n) is 4.15. The van der Waals surface area contributed by atoms with E-state index in [-0.39, 0.29) is 30.3 Å². The van der Waals surface area contributed by atoms with Crippen LogP contribution in [0.4, 0.5) is 5.69 Å². The van der Waals surface area contributed by atoms with E-state index in [2.05, 4.69) is 15.7 Å². The predicted octanol–water partition coefficient (Wildman–Crippen LogP) is 2.42. The first-order valence-electron chi connectivity index (χ1n) is 10.0. The third-order valence-corrected chi connectivity index (χ3v) is 6.59. The van der Waals surface area contributed by atoms with Gasteiger partial charge in [-0.05, 0) is 59.5 Å². The summed E-state index contributed by atoms with van der Waals surface area (Å²) >= 11 is 1.59. The minimum Gasteiger partial charge on any atom is -0.346 e. The molecule has 2 aliphatic heterocycles. The van der Waals surface area contributed by atoms with E-state index in [0.717, 1.165) is 16.8 Å². The molecule has 1 fully saturated rings.